The summed E-state index contributed by atoms with van der Waals surface area (Å²) in [5, 5.41) is 10.3. The molecule has 0 aromatic rings. The number of hydrogen-bond donors (Lipinski definition) is 0. The maximum atomic E-state index is 10.3. The highest BCUT2D eigenvalue weighted by atomic mass is 16.5. The van der Waals surface area contributed by atoms with Crippen LogP contribution in [0.4, 0.5) is 0 Å². The lowest BCUT2D eigenvalue weighted by Crippen LogP contribution is -2.41. The van der Waals surface area contributed by atoms with E-state index in [1.54, 1.807) is 13.8 Å². The van der Waals surface area contributed by atoms with Gasteiger partial charge in [0.05, 0.1) is 6.61 Å². The molecule has 0 saturated carbocycles. The van der Waals surface area contributed by atoms with E-state index in [9.17, 15) is 9.90 Å². The van der Waals surface area contributed by atoms with Gasteiger partial charge in [-0.05, 0) is 6.92 Å². The fourth-order valence-corrected chi connectivity index (χ4v) is 0.416. The van der Waals surface area contributed by atoms with E-state index in [4.69, 9.17) is 4.74 Å². The highest BCUT2D eigenvalue weighted by molar-refractivity contribution is 5.71. The van der Waals surface area contributed by atoms with Crippen molar-refractivity contribution in [3.63, 3.8) is 0 Å². The second kappa shape index (κ2) is 3.56. The number of carbonyl (C=O) groups excluding carboxylic acids is 1. The Morgan fingerprint density at radius 1 is 1.60 bits per heavy atom. The number of hydrogen-bond acceptors (Lipinski definition) is 3. The summed E-state index contributed by atoms with van der Waals surface area (Å²) in [5.41, 5.74) is -0.865. The van der Waals surface area contributed by atoms with Gasteiger partial charge in [0.25, 0.3) is 0 Å². The van der Waals surface area contributed by atoms with Crippen LogP contribution in [0.5, 0.6) is 0 Å². The zero-order chi connectivity index (χ0) is 8.20. The minimum absolute atomic E-state index is 0.214. The summed E-state index contributed by atoms with van der Waals surface area (Å²) in [6.45, 7) is 5.74. The van der Waals surface area contributed by atoms with Gasteiger partial charge in [-0.2, -0.15) is 0 Å². The quantitative estimate of drug-likeness (QED) is 0.550. The molecule has 0 rings (SSSR count). The molecular weight excluding hydrogens is 132 g/mol. The Morgan fingerprint density at radius 3 is 2.40 bits per heavy atom. The first kappa shape index (κ1) is 9.43. The monoisotopic (exact) mass is 145 g/mol. The van der Waals surface area contributed by atoms with E-state index in [1.807, 2.05) is 6.92 Å². The number of aliphatic carboxylic acids is 1. The first-order valence-corrected chi connectivity index (χ1v) is 3.30. The molecule has 0 aromatic carbocycles. The normalized spacial score (nSPS) is 11.5. The topological polar surface area (TPSA) is 49.4 Å². The zero-order valence-corrected chi connectivity index (χ0v) is 6.64. The summed E-state index contributed by atoms with van der Waals surface area (Å²) in [6.07, 6.45) is 0. The molecular formula is C7H13O3-. The third kappa shape index (κ3) is 2.82. The van der Waals surface area contributed by atoms with Crippen LogP contribution in [0, 0.1) is 5.41 Å². The minimum atomic E-state index is -1.07. The lowest BCUT2D eigenvalue weighted by atomic mass is 9.95. The van der Waals surface area contributed by atoms with Crippen molar-refractivity contribution in [3.8, 4) is 0 Å². The van der Waals surface area contributed by atoms with Crippen molar-refractivity contribution in [3.05, 3.63) is 0 Å². The maximum Gasteiger partial charge on any atom is 0.0569 e. The molecule has 0 radical (unpaired) electrons. The zero-order valence-electron chi connectivity index (χ0n) is 6.64. The van der Waals surface area contributed by atoms with Gasteiger partial charge >= 0.3 is 0 Å². The van der Waals surface area contributed by atoms with Crippen molar-refractivity contribution < 1.29 is 14.6 Å². The lowest BCUT2D eigenvalue weighted by Gasteiger charge is -2.24. The SMILES string of the molecule is CCOCC(C)(C)C(=O)[O-]. The van der Waals surface area contributed by atoms with E-state index < -0.39 is 11.4 Å². The van der Waals surface area contributed by atoms with Crippen molar-refractivity contribution in [1.82, 2.24) is 0 Å². The molecule has 0 aromatic heterocycles. The Bertz CT molecular complexity index is 118. The van der Waals surface area contributed by atoms with Crippen LogP contribution in [0.25, 0.3) is 0 Å². The largest absolute Gasteiger partial charge is 0.549 e. The van der Waals surface area contributed by atoms with Crippen LogP contribution >= 0.6 is 0 Å². The molecule has 0 N–H and O–H groups in total. The Labute approximate surface area is 61.0 Å². The van der Waals surface area contributed by atoms with E-state index in [1.165, 1.54) is 0 Å². The number of carbonyl (C=O) groups is 1. The summed E-state index contributed by atoms with van der Waals surface area (Å²) >= 11 is 0. The van der Waals surface area contributed by atoms with Crippen LogP contribution in [0.15, 0.2) is 0 Å². The van der Waals surface area contributed by atoms with E-state index in [0.29, 0.717) is 6.61 Å². The van der Waals surface area contributed by atoms with Gasteiger partial charge < -0.3 is 14.6 Å². The highest BCUT2D eigenvalue weighted by Gasteiger charge is 2.18. The van der Waals surface area contributed by atoms with Crippen LogP contribution in [0.2, 0.25) is 0 Å². The Hall–Kier alpha value is -0.570. The van der Waals surface area contributed by atoms with E-state index in [2.05, 4.69) is 0 Å². The van der Waals surface area contributed by atoms with Gasteiger partial charge in [0, 0.05) is 18.0 Å². The molecule has 3 heteroatoms. The van der Waals surface area contributed by atoms with Gasteiger partial charge in [-0.1, -0.05) is 13.8 Å². The van der Waals surface area contributed by atoms with Crippen molar-refractivity contribution >= 4 is 5.97 Å². The van der Waals surface area contributed by atoms with Gasteiger partial charge in [-0.25, -0.2) is 0 Å². The Kier molecular flexibility index (Phi) is 3.36. The fourth-order valence-electron chi connectivity index (χ4n) is 0.416. The first-order chi connectivity index (χ1) is 4.50. The van der Waals surface area contributed by atoms with Crippen molar-refractivity contribution in [1.29, 1.82) is 0 Å². The molecule has 0 amide bonds. The molecule has 10 heavy (non-hydrogen) atoms. The third-order valence-corrected chi connectivity index (χ3v) is 1.22. The maximum absolute atomic E-state index is 10.3. The lowest BCUT2D eigenvalue weighted by molar-refractivity contribution is -0.319. The highest BCUT2D eigenvalue weighted by Crippen LogP contribution is 2.13. The molecule has 0 atom stereocenters. The van der Waals surface area contributed by atoms with E-state index in [-0.39, 0.29) is 6.61 Å². The summed E-state index contributed by atoms with van der Waals surface area (Å²) in [4.78, 5) is 10.3. The smallest absolute Gasteiger partial charge is 0.0569 e. The molecule has 0 fully saturated rings. The fraction of sp³-hybridized carbons (Fsp3) is 0.857. The molecule has 0 saturated heterocycles. The molecule has 0 aliphatic rings. The molecule has 3 nitrogen and oxygen atoms in total. The standard InChI is InChI=1S/C7H14O3/c1-4-10-5-7(2,3)6(8)9/h4-5H2,1-3H3,(H,8,9)/p-1. The van der Waals surface area contributed by atoms with Crippen LogP contribution < -0.4 is 5.11 Å². The summed E-state index contributed by atoms with van der Waals surface area (Å²) in [6, 6.07) is 0. The second-order valence-corrected chi connectivity index (χ2v) is 2.81. The minimum Gasteiger partial charge on any atom is -0.549 e. The first-order valence-electron chi connectivity index (χ1n) is 3.30. The second-order valence-electron chi connectivity index (χ2n) is 2.81. The third-order valence-electron chi connectivity index (χ3n) is 1.22. The molecule has 0 bridgehead atoms. The van der Waals surface area contributed by atoms with E-state index in [0.717, 1.165) is 0 Å². The van der Waals surface area contributed by atoms with Gasteiger partial charge in [-0.15, -0.1) is 0 Å². The molecule has 0 heterocycles. The van der Waals surface area contributed by atoms with Gasteiger partial charge in [0.1, 0.15) is 0 Å². The summed E-state index contributed by atoms with van der Waals surface area (Å²) in [5.74, 6) is -1.07. The Morgan fingerprint density at radius 2 is 2.10 bits per heavy atom. The van der Waals surface area contributed by atoms with Crippen LogP contribution in [-0.4, -0.2) is 19.2 Å². The number of rotatable bonds is 4. The molecule has 0 unspecified atom stereocenters. The van der Waals surface area contributed by atoms with Gasteiger partial charge in [0.2, 0.25) is 0 Å². The predicted molar refractivity (Wildman–Crippen MR) is 35.3 cm³/mol. The summed E-state index contributed by atoms with van der Waals surface area (Å²) in [7, 11) is 0. The van der Waals surface area contributed by atoms with Gasteiger partial charge in [0.15, 0.2) is 0 Å². The van der Waals surface area contributed by atoms with Crippen LogP contribution in [-0.2, 0) is 9.53 Å². The predicted octanol–water partition coefficient (Wildman–Crippen LogP) is -0.201. The van der Waals surface area contributed by atoms with Gasteiger partial charge in [-0.3, -0.25) is 0 Å². The van der Waals surface area contributed by atoms with Crippen molar-refractivity contribution in [2.75, 3.05) is 13.2 Å². The molecule has 0 aliphatic carbocycles. The molecule has 60 valence electrons. The number of carboxylic acids is 1. The van der Waals surface area contributed by atoms with Crippen LogP contribution in [0.3, 0.4) is 0 Å². The summed E-state index contributed by atoms with van der Waals surface area (Å²) < 4.78 is 4.94. The van der Waals surface area contributed by atoms with E-state index >= 15 is 0 Å². The van der Waals surface area contributed by atoms with Crippen molar-refractivity contribution in [2.24, 2.45) is 5.41 Å². The molecule has 0 aliphatic heterocycles. The number of ether oxygens (including phenoxy) is 1. The Balaban J connectivity index is 3.75. The average molecular weight is 145 g/mol. The van der Waals surface area contributed by atoms with Crippen LogP contribution in [0.1, 0.15) is 20.8 Å². The average Bonchev–Trinajstić information content (AvgIpc) is 1.84. The molecule has 0 spiro atoms. The van der Waals surface area contributed by atoms with Crippen molar-refractivity contribution in [2.45, 2.75) is 20.8 Å². The number of carboxylic acid groups (broad SMARTS) is 1.